The predicted molar refractivity (Wildman–Crippen MR) is 111 cm³/mol. The molecule has 8 heteroatoms. The topological polar surface area (TPSA) is 101 Å². The van der Waals surface area contributed by atoms with Crippen LogP contribution in [0.4, 0.5) is 5.95 Å². The maximum atomic E-state index is 12.7. The molecule has 0 atom stereocenters. The number of carbonyl (C=O) groups excluding carboxylic acids is 2. The molecule has 28 heavy (non-hydrogen) atoms. The minimum absolute atomic E-state index is 0.0682. The normalized spacial score (nSPS) is 16.0. The Kier molecular flexibility index (Phi) is 6.18. The summed E-state index contributed by atoms with van der Waals surface area (Å²) in [4.78, 5) is 35.3. The molecule has 0 fully saturated rings. The molecule has 2 aromatic rings. The maximum absolute atomic E-state index is 12.7. The van der Waals surface area contributed by atoms with Crippen LogP contribution in [0, 0.1) is 13.8 Å². The van der Waals surface area contributed by atoms with Gasteiger partial charge in [0.1, 0.15) is 5.03 Å². The van der Waals surface area contributed by atoms with E-state index in [9.17, 15) is 9.59 Å². The van der Waals surface area contributed by atoms with Crippen molar-refractivity contribution in [3.8, 4) is 11.3 Å². The number of carbonyl (C=O) groups is 2. The summed E-state index contributed by atoms with van der Waals surface area (Å²) in [6, 6.07) is 5.73. The summed E-state index contributed by atoms with van der Waals surface area (Å²) in [5.41, 5.74) is 10.0. The van der Waals surface area contributed by atoms with Crippen molar-refractivity contribution in [3.63, 3.8) is 0 Å². The molecule has 0 saturated carbocycles. The predicted octanol–water partition coefficient (Wildman–Crippen LogP) is 2.42. The fourth-order valence-corrected chi connectivity index (χ4v) is 4.09. The zero-order chi connectivity index (χ0) is 20.3. The van der Waals surface area contributed by atoms with Crippen molar-refractivity contribution in [1.82, 2.24) is 20.2 Å². The molecule has 1 aromatic heterocycles. The van der Waals surface area contributed by atoms with E-state index in [1.165, 1.54) is 11.8 Å². The first kappa shape index (κ1) is 20.1. The molecule has 1 aliphatic heterocycles. The first-order chi connectivity index (χ1) is 13.3. The Morgan fingerprint density at radius 3 is 2.64 bits per heavy atom. The van der Waals surface area contributed by atoms with Gasteiger partial charge in [-0.3, -0.25) is 9.59 Å². The highest BCUT2D eigenvalue weighted by Crippen LogP contribution is 2.29. The van der Waals surface area contributed by atoms with Gasteiger partial charge in [-0.25, -0.2) is 9.97 Å². The van der Waals surface area contributed by atoms with Crippen LogP contribution < -0.4 is 11.1 Å². The summed E-state index contributed by atoms with van der Waals surface area (Å²) in [6.45, 7) is 4.98. The minimum atomic E-state index is -0.150. The SMILES string of the molecule is Cc1cc(C)c2cc1C(=O)NCCCC(=O)N(C)CCSc1cc-2nc(N)n1. The second-order valence-electron chi connectivity index (χ2n) is 6.95. The third kappa shape index (κ3) is 4.62. The van der Waals surface area contributed by atoms with Gasteiger partial charge in [-0.05, 0) is 43.5 Å². The number of nitrogens with zero attached hydrogens (tertiary/aromatic N) is 3. The summed E-state index contributed by atoms with van der Waals surface area (Å²) in [5.74, 6) is 0.825. The number of fused-ring (bicyclic) bond motifs is 5. The van der Waals surface area contributed by atoms with E-state index < -0.39 is 0 Å². The van der Waals surface area contributed by atoms with Crippen LogP contribution in [0.15, 0.2) is 23.2 Å². The van der Waals surface area contributed by atoms with Crippen LogP contribution in [-0.4, -0.2) is 52.6 Å². The molecular weight excluding hydrogens is 374 g/mol. The Balaban J connectivity index is 2.03. The lowest BCUT2D eigenvalue weighted by atomic mass is 9.97. The van der Waals surface area contributed by atoms with Crippen LogP contribution in [0.5, 0.6) is 0 Å². The maximum Gasteiger partial charge on any atom is 0.251 e. The zero-order valence-electron chi connectivity index (χ0n) is 16.4. The van der Waals surface area contributed by atoms with Gasteiger partial charge in [0.2, 0.25) is 11.9 Å². The van der Waals surface area contributed by atoms with Gasteiger partial charge in [-0.2, -0.15) is 0 Å². The number of aryl methyl sites for hydroxylation is 2. The van der Waals surface area contributed by atoms with E-state index in [0.717, 1.165) is 21.7 Å². The molecule has 0 radical (unpaired) electrons. The molecule has 1 aromatic carbocycles. The minimum Gasteiger partial charge on any atom is -0.368 e. The quantitative estimate of drug-likeness (QED) is 0.660. The Morgan fingerprint density at radius 1 is 1.11 bits per heavy atom. The number of nitrogens with two attached hydrogens (primary N) is 1. The van der Waals surface area contributed by atoms with Crippen molar-refractivity contribution in [2.24, 2.45) is 0 Å². The highest BCUT2D eigenvalue weighted by molar-refractivity contribution is 7.99. The highest BCUT2D eigenvalue weighted by atomic mass is 32.2. The van der Waals surface area contributed by atoms with E-state index in [1.807, 2.05) is 32.0 Å². The molecule has 2 heterocycles. The molecule has 1 aliphatic rings. The van der Waals surface area contributed by atoms with Crippen molar-refractivity contribution in [1.29, 1.82) is 0 Å². The molecular formula is C20H25N5O2S. The average molecular weight is 400 g/mol. The molecule has 3 N–H and O–H groups in total. The number of nitrogen functional groups attached to an aromatic ring is 1. The van der Waals surface area contributed by atoms with Crippen LogP contribution in [0.1, 0.15) is 34.3 Å². The summed E-state index contributed by atoms with van der Waals surface area (Å²) >= 11 is 1.54. The van der Waals surface area contributed by atoms with E-state index in [4.69, 9.17) is 5.73 Å². The average Bonchev–Trinajstić information content (AvgIpc) is 2.63. The number of benzene rings is 1. The second kappa shape index (κ2) is 8.60. The van der Waals surface area contributed by atoms with Crippen LogP contribution in [0.2, 0.25) is 0 Å². The van der Waals surface area contributed by atoms with Gasteiger partial charge < -0.3 is 16.0 Å². The van der Waals surface area contributed by atoms with Crippen molar-refractivity contribution >= 4 is 29.5 Å². The van der Waals surface area contributed by atoms with Crippen LogP contribution in [0.3, 0.4) is 0 Å². The van der Waals surface area contributed by atoms with Gasteiger partial charge in [0.05, 0.1) is 5.69 Å². The summed E-state index contributed by atoms with van der Waals surface area (Å²) < 4.78 is 0. The van der Waals surface area contributed by atoms with E-state index in [0.29, 0.717) is 42.9 Å². The number of aromatic nitrogens is 2. The number of anilines is 1. The van der Waals surface area contributed by atoms with E-state index in [2.05, 4.69) is 15.3 Å². The lowest BCUT2D eigenvalue weighted by Crippen LogP contribution is -2.30. The highest BCUT2D eigenvalue weighted by Gasteiger charge is 2.16. The lowest BCUT2D eigenvalue weighted by molar-refractivity contribution is -0.129. The molecule has 0 spiro atoms. The first-order valence-corrected chi connectivity index (χ1v) is 10.2. The van der Waals surface area contributed by atoms with Crippen LogP contribution >= 0.6 is 11.8 Å². The first-order valence-electron chi connectivity index (χ1n) is 9.26. The Labute approximate surface area is 169 Å². The number of amides is 2. The Bertz CT molecular complexity index is 916. The van der Waals surface area contributed by atoms with Crippen molar-refractivity contribution in [3.05, 3.63) is 34.9 Å². The van der Waals surface area contributed by atoms with Crippen LogP contribution in [0.25, 0.3) is 11.3 Å². The molecule has 0 aliphatic carbocycles. The molecule has 0 saturated heterocycles. The molecule has 4 bridgehead atoms. The van der Waals surface area contributed by atoms with Crippen molar-refractivity contribution < 1.29 is 9.59 Å². The smallest absolute Gasteiger partial charge is 0.251 e. The number of rotatable bonds is 0. The van der Waals surface area contributed by atoms with Gasteiger partial charge >= 0.3 is 0 Å². The van der Waals surface area contributed by atoms with E-state index in [1.54, 1.807) is 11.9 Å². The number of hydrogen-bond acceptors (Lipinski definition) is 6. The Morgan fingerprint density at radius 2 is 1.86 bits per heavy atom. The number of thioether (sulfide) groups is 1. The van der Waals surface area contributed by atoms with Gasteiger partial charge in [-0.15, -0.1) is 11.8 Å². The monoisotopic (exact) mass is 399 g/mol. The third-order valence-corrected chi connectivity index (χ3v) is 5.66. The standard InChI is InChI=1S/C20H25N5O2S/c1-12-9-13(2)15-10-14(12)16-11-17(24-20(21)23-16)28-8-7-25(3)18(26)5-4-6-22-19(15)27/h9-11H,4-8H2,1-3H3,(H,22,27)(H2,21,23,24). The largest absolute Gasteiger partial charge is 0.368 e. The van der Waals surface area contributed by atoms with E-state index >= 15 is 0 Å². The fraction of sp³-hybridized carbons (Fsp3) is 0.400. The molecule has 3 rings (SSSR count). The van der Waals surface area contributed by atoms with Crippen molar-refractivity contribution in [2.75, 3.05) is 31.6 Å². The zero-order valence-corrected chi connectivity index (χ0v) is 17.2. The summed E-state index contributed by atoms with van der Waals surface area (Å²) in [6.07, 6.45) is 1.02. The van der Waals surface area contributed by atoms with E-state index in [-0.39, 0.29) is 17.8 Å². The Hall–Kier alpha value is -2.61. The van der Waals surface area contributed by atoms with Crippen LogP contribution in [-0.2, 0) is 4.79 Å². The summed E-state index contributed by atoms with van der Waals surface area (Å²) in [7, 11) is 1.79. The molecule has 7 nitrogen and oxygen atoms in total. The van der Waals surface area contributed by atoms with Gasteiger partial charge in [0, 0.05) is 43.4 Å². The number of hydrogen-bond donors (Lipinski definition) is 2. The summed E-state index contributed by atoms with van der Waals surface area (Å²) in [5, 5.41) is 3.67. The molecule has 0 unspecified atom stereocenters. The third-order valence-electron chi connectivity index (χ3n) is 4.77. The number of nitrogens with one attached hydrogen (secondary N) is 1. The fourth-order valence-electron chi connectivity index (χ4n) is 3.17. The molecule has 2 amide bonds. The van der Waals surface area contributed by atoms with Gasteiger partial charge in [-0.1, -0.05) is 6.07 Å². The second-order valence-corrected chi connectivity index (χ2v) is 8.07. The van der Waals surface area contributed by atoms with Gasteiger partial charge in [0.15, 0.2) is 0 Å². The van der Waals surface area contributed by atoms with Crippen molar-refractivity contribution in [2.45, 2.75) is 31.7 Å². The van der Waals surface area contributed by atoms with Gasteiger partial charge in [0.25, 0.3) is 5.91 Å². The lowest BCUT2D eigenvalue weighted by Gasteiger charge is -2.18. The molecule has 148 valence electrons.